The summed E-state index contributed by atoms with van der Waals surface area (Å²) in [5, 5.41) is 0. The van der Waals surface area contributed by atoms with E-state index in [2.05, 4.69) is 6.07 Å². The van der Waals surface area contributed by atoms with Crippen molar-refractivity contribution in [1.29, 1.82) is 0 Å². The maximum Gasteiger partial charge on any atom is 0.168 e. The van der Waals surface area contributed by atoms with Crippen molar-refractivity contribution in [2.45, 2.75) is 12.8 Å². The van der Waals surface area contributed by atoms with Crippen LogP contribution >= 0.6 is 0 Å². The van der Waals surface area contributed by atoms with Crippen LogP contribution in [0.1, 0.15) is 23.2 Å². The predicted octanol–water partition coefficient (Wildman–Crippen LogP) is 1.66. The van der Waals surface area contributed by atoms with Gasteiger partial charge in [0.05, 0.1) is 0 Å². The third-order valence-electron chi connectivity index (χ3n) is 2.11. The number of anilines is 1. The van der Waals surface area contributed by atoms with Gasteiger partial charge in [0.2, 0.25) is 0 Å². The van der Waals surface area contributed by atoms with Crippen LogP contribution in [-0.2, 0) is 0 Å². The van der Waals surface area contributed by atoms with Gasteiger partial charge in [0.15, 0.2) is 5.78 Å². The van der Waals surface area contributed by atoms with E-state index in [0.717, 1.165) is 12.8 Å². The third kappa shape index (κ3) is 1.20. The molecule has 12 heavy (non-hydrogen) atoms. The van der Waals surface area contributed by atoms with Crippen LogP contribution in [0.25, 0.3) is 0 Å². The SMILES string of the molecule is Nc1c[c]ccc1C(=O)C1CC1. The van der Waals surface area contributed by atoms with Gasteiger partial charge in [0.1, 0.15) is 0 Å². The van der Waals surface area contributed by atoms with Crippen LogP contribution in [0.3, 0.4) is 0 Å². The molecule has 0 bridgehead atoms. The minimum absolute atomic E-state index is 0.196. The summed E-state index contributed by atoms with van der Waals surface area (Å²) in [6.07, 6.45) is 2.05. The molecule has 1 aliphatic carbocycles. The highest BCUT2D eigenvalue weighted by molar-refractivity contribution is 6.03. The number of nitrogens with two attached hydrogens (primary N) is 1. The zero-order valence-electron chi connectivity index (χ0n) is 6.71. The van der Waals surface area contributed by atoms with E-state index in [9.17, 15) is 4.79 Å². The van der Waals surface area contributed by atoms with Gasteiger partial charge >= 0.3 is 0 Å². The molecule has 0 aliphatic heterocycles. The van der Waals surface area contributed by atoms with Crippen LogP contribution in [-0.4, -0.2) is 5.78 Å². The number of carbonyl (C=O) groups is 1. The first kappa shape index (κ1) is 7.35. The molecule has 0 aromatic heterocycles. The molecule has 1 aromatic rings. The average Bonchev–Trinajstić information content (AvgIpc) is 2.86. The van der Waals surface area contributed by atoms with Gasteiger partial charge in [-0.3, -0.25) is 4.79 Å². The second-order valence-electron chi connectivity index (χ2n) is 3.15. The van der Waals surface area contributed by atoms with Crippen LogP contribution in [0.2, 0.25) is 0 Å². The Morgan fingerprint density at radius 1 is 1.58 bits per heavy atom. The van der Waals surface area contributed by atoms with Crippen LogP contribution in [0, 0.1) is 12.0 Å². The van der Waals surface area contributed by atoms with E-state index in [1.165, 1.54) is 0 Å². The van der Waals surface area contributed by atoms with Crippen molar-refractivity contribution in [1.82, 2.24) is 0 Å². The second kappa shape index (κ2) is 2.63. The molecular weight excluding hydrogens is 150 g/mol. The molecule has 2 rings (SSSR count). The van der Waals surface area contributed by atoms with E-state index >= 15 is 0 Å². The van der Waals surface area contributed by atoms with Gasteiger partial charge in [-0.1, -0.05) is 6.07 Å². The van der Waals surface area contributed by atoms with Crippen molar-refractivity contribution in [2.75, 3.05) is 5.73 Å². The lowest BCUT2D eigenvalue weighted by Gasteiger charge is -2.01. The Labute approximate surface area is 71.4 Å². The summed E-state index contributed by atoms with van der Waals surface area (Å²) >= 11 is 0. The first-order valence-corrected chi connectivity index (χ1v) is 4.09. The summed E-state index contributed by atoms with van der Waals surface area (Å²) in [6.45, 7) is 0. The largest absolute Gasteiger partial charge is 0.398 e. The second-order valence-corrected chi connectivity index (χ2v) is 3.15. The van der Waals surface area contributed by atoms with E-state index in [0.29, 0.717) is 11.3 Å². The Bertz CT molecular complexity index is 315. The molecule has 2 heteroatoms. The molecule has 0 heterocycles. The topological polar surface area (TPSA) is 43.1 Å². The summed E-state index contributed by atoms with van der Waals surface area (Å²) < 4.78 is 0. The molecule has 0 amide bonds. The highest BCUT2D eigenvalue weighted by Gasteiger charge is 2.31. The molecular formula is C10H10NO. The van der Waals surface area contributed by atoms with Crippen molar-refractivity contribution in [3.63, 3.8) is 0 Å². The fourth-order valence-corrected chi connectivity index (χ4v) is 1.23. The van der Waals surface area contributed by atoms with Crippen LogP contribution in [0.4, 0.5) is 5.69 Å². The molecule has 0 unspecified atom stereocenters. The standard InChI is InChI=1S/C10H10NO/c11-9-4-2-1-3-8(9)10(12)7-5-6-7/h1,3-4,7H,5-6,11H2. The number of rotatable bonds is 2. The Kier molecular flexibility index (Phi) is 1.61. The minimum Gasteiger partial charge on any atom is -0.398 e. The lowest BCUT2D eigenvalue weighted by atomic mass is 10.1. The number of ketones is 1. The zero-order valence-corrected chi connectivity index (χ0v) is 6.71. The van der Waals surface area contributed by atoms with E-state index in [-0.39, 0.29) is 11.7 Å². The summed E-state index contributed by atoms with van der Waals surface area (Å²) in [5.41, 5.74) is 6.85. The quantitative estimate of drug-likeness (QED) is 0.528. The number of Topliss-reactive ketones (excluding diaryl/α,β-unsaturated/α-hetero) is 1. The van der Waals surface area contributed by atoms with Gasteiger partial charge in [-0.2, -0.15) is 0 Å². The highest BCUT2D eigenvalue weighted by atomic mass is 16.1. The summed E-state index contributed by atoms with van der Waals surface area (Å²) in [7, 11) is 0. The van der Waals surface area contributed by atoms with E-state index < -0.39 is 0 Å². The van der Waals surface area contributed by atoms with E-state index in [1.54, 1.807) is 18.2 Å². The van der Waals surface area contributed by atoms with Crippen LogP contribution in [0.15, 0.2) is 18.2 Å². The molecule has 1 fully saturated rings. The average molecular weight is 160 g/mol. The Morgan fingerprint density at radius 3 is 2.92 bits per heavy atom. The van der Waals surface area contributed by atoms with Crippen LogP contribution in [0.5, 0.6) is 0 Å². The van der Waals surface area contributed by atoms with Crippen LogP contribution < -0.4 is 5.73 Å². The van der Waals surface area contributed by atoms with E-state index in [4.69, 9.17) is 5.73 Å². The summed E-state index contributed by atoms with van der Waals surface area (Å²) in [6, 6.07) is 7.96. The fraction of sp³-hybridized carbons (Fsp3) is 0.300. The number of benzene rings is 1. The van der Waals surface area contributed by atoms with Gasteiger partial charge in [-0.25, -0.2) is 0 Å². The number of nitrogen functional groups attached to an aromatic ring is 1. The normalized spacial score (nSPS) is 16.0. The zero-order chi connectivity index (χ0) is 8.55. The number of carbonyl (C=O) groups excluding carboxylic acids is 1. The molecule has 0 saturated heterocycles. The molecule has 2 N–H and O–H groups in total. The van der Waals surface area contributed by atoms with Crippen molar-refractivity contribution in [3.05, 3.63) is 29.8 Å². The molecule has 1 saturated carbocycles. The monoisotopic (exact) mass is 160 g/mol. The maximum absolute atomic E-state index is 11.5. The van der Waals surface area contributed by atoms with Gasteiger partial charge in [0.25, 0.3) is 0 Å². The first-order chi connectivity index (χ1) is 5.79. The third-order valence-corrected chi connectivity index (χ3v) is 2.11. The molecule has 0 spiro atoms. The fourth-order valence-electron chi connectivity index (χ4n) is 1.23. The van der Waals surface area contributed by atoms with E-state index in [1.807, 2.05) is 0 Å². The van der Waals surface area contributed by atoms with Gasteiger partial charge < -0.3 is 5.73 Å². The minimum atomic E-state index is 0.196. The highest BCUT2D eigenvalue weighted by Crippen LogP contribution is 2.33. The first-order valence-electron chi connectivity index (χ1n) is 4.09. The van der Waals surface area contributed by atoms with Gasteiger partial charge in [-0.05, 0) is 31.0 Å². The van der Waals surface area contributed by atoms with Crippen molar-refractivity contribution < 1.29 is 4.79 Å². The molecule has 1 aliphatic rings. The Morgan fingerprint density at radius 2 is 2.33 bits per heavy atom. The van der Waals surface area contributed by atoms with Crippen molar-refractivity contribution in [3.8, 4) is 0 Å². The van der Waals surface area contributed by atoms with Gasteiger partial charge in [-0.15, -0.1) is 0 Å². The molecule has 1 radical (unpaired) electrons. The van der Waals surface area contributed by atoms with Crippen molar-refractivity contribution >= 4 is 11.5 Å². The predicted molar refractivity (Wildman–Crippen MR) is 46.7 cm³/mol. The maximum atomic E-state index is 11.5. The lowest BCUT2D eigenvalue weighted by molar-refractivity contribution is 0.0968. The Hall–Kier alpha value is -1.31. The number of hydrogen-bond acceptors (Lipinski definition) is 2. The molecule has 2 nitrogen and oxygen atoms in total. The molecule has 0 atom stereocenters. The smallest absolute Gasteiger partial charge is 0.168 e. The lowest BCUT2D eigenvalue weighted by Crippen LogP contribution is -2.04. The Balaban J connectivity index is 2.32. The summed E-state index contributed by atoms with van der Waals surface area (Å²) in [4.78, 5) is 11.5. The number of hydrogen-bond donors (Lipinski definition) is 1. The molecule has 61 valence electrons. The van der Waals surface area contributed by atoms with Gasteiger partial charge in [0, 0.05) is 17.2 Å². The van der Waals surface area contributed by atoms with Crippen molar-refractivity contribution in [2.24, 2.45) is 5.92 Å². The summed E-state index contributed by atoms with van der Waals surface area (Å²) in [5.74, 6) is 0.441. The molecule has 1 aromatic carbocycles.